The number of amides is 2. The minimum Gasteiger partial charge on any atom is -0.352 e. The molecule has 168 valence electrons. The van der Waals surface area contributed by atoms with Crippen LogP contribution in [-0.4, -0.2) is 56.6 Å². The number of rotatable bonds is 8. The third-order valence-electron chi connectivity index (χ3n) is 5.20. The van der Waals surface area contributed by atoms with E-state index in [2.05, 4.69) is 10.6 Å². The summed E-state index contributed by atoms with van der Waals surface area (Å²) >= 11 is 0. The second kappa shape index (κ2) is 10.9. The van der Waals surface area contributed by atoms with Gasteiger partial charge in [-0.3, -0.25) is 14.5 Å². The molecule has 0 unspecified atom stereocenters. The Morgan fingerprint density at radius 1 is 1.00 bits per heavy atom. The molecule has 2 amide bonds. The van der Waals surface area contributed by atoms with Gasteiger partial charge in [-0.1, -0.05) is 30.3 Å². The number of hydrogen-bond acceptors (Lipinski definition) is 6. The molecule has 0 spiro atoms. The van der Waals surface area contributed by atoms with Crippen molar-refractivity contribution in [2.45, 2.75) is 24.6 Å². The molecule has 0 bridgehead atoms. The lowest BCUT2D eigenvalue weighted by Crippen LogP contribution is -2.47. The number of nitrogens with one attached hydrogen (secondary N) is 2. The Balaban J connectivity index is 1.39. The van der Waals surface area contributed by atoms with Crippen LogP contribution in [0.3, 0.4) is 0 Å². The van der Waals surface area contributed by atoms with Gasteiger partial charge in [0.25, 0.3) is 0 Å². The largest absolute Gasteiger partial charge is 0.352 e. The number of piperidine rings is 1. The maximum absolute atomic E-state index is 12.4. The van der Waals surface area contributed by atoms with Crippen LogP contribution in [0.4, 0.5) is 5.69 Å². The molecular weight excluding hydrogens is 428 g/mol. The first-order chi connectivity index (χ1) is 15.3. The predicted molar refractivity (Wildman–Crippen MR) is 121 cm³/mol. The molecule has 1 saturated heterocycles. The Bertz CT molecular complexity index is 1070. The van der Waals surface area contributed by atoms with E-state index in [0.29, 0.717) is 37.1 Å². The van der Waals surface area contributed by atoms with Crippen LogP contribution in [-0.2, 0) is 25.2 Å². The summed E-state index contributed by atoms with van der Waals surface area (Å²) in [6.45, 7) is 1.56. The summed E-state index contributed by atoms with van der Waals surface area (Å²) in [5.41, 5.74) is 1.74. The summed E-state index contributed by atoms with van der Waals surface area (Å²) in [7, 11) is -3.62. The number of hydrogen-bond donors (Lipinski definition) is 2. The number of carbonyl (C=O) groups excluding carboxylic acids is 2. The van der Waals surface area contributed by atoms with Gasteiger partial charge in [0.05, 0.1) is 23.9 Å². The molecule has 0 aliphatic carbocycles. The van der Waals surface area contributed by atoms with Gasteiger partial charge >= 0.3 is 0 Å². The summed E-state index contributed by atoms with van der Waals surface area (Å²) in [6, 6.07) is 17.4. The fraction of sp³-hybridized carbons (Fsp3) is 0.348. The summed E-state index contributed by atoms with van der Waals surface area (Å²) < 4.78 is 24.7. The highest BCUT2D eigenvalue weighted by molar-refractivity contribution is 7.91. The number of likely N-dealkylation sites (tertiary alicyclic amines) is 1. The quantitative estimate of drug-likeness (QED) is 0.627. The first-order valence-corrected chi connectivity index (χ1v) is 12.2. The lowest BCUT2D eigenvalue weighted by molar-refractivity contribution is -0.120. The van der Waals surface area contributed by atoms with E-state index in [1.54, 1.807) is 24.3 Å². The molecule has 8 nitrogen and oxygen atoms in total. The normalized spacial score (nSPS) is 15.0. The van der Waals surface area contributed by atoms with Crippen molar-refractivity contribution in [1.82, 2.24) is 10.2 Å². The summed E-state index contributed by atoms with van der Waals surface area (Å²) in [5.74, 6) is -1.43. The first-order valence-electron chi connectivity index (χ1n) is 10.4. The van der Waals surface area contributed by atoms with Crippen molar-refractivity contribution in [1.29, 1.82) is 5.26 Å². The molecule has 1 aliphatic heterocycles. The van der Waals surface area contributed by atoms with E-state index in [-0.39, 0.29) is 24.2 Å². The minimum atomic E-state index is -3.62. The van der Waals surface area contributed by atoms with Crippen molar-refractivity contribution in [2.75, 3.05) is 30.7 Å². The SMILES string of the molecule is N#Cc1ccc(CS(=O)(=O)CC(=O)NC2CCN(CC(=O)Nc3ccccc3)CC2)cc1. The Labute approximate surface area is 188 Å². The monoisotopic (exact) mass is 454 g/mol. The summed E-state index contributed by atoms with van der Waals surface area (Å²) in [4.78, 5) is 26.5. The van der Waals surface area contributed by atoms with Gasteiger partial charge in [-0.2, -0.15) is 5.26 Å². The second-order valence-electron chi connectivity index (χ2n) is 7.87. The number of para-hydroxylation sites is 1. The van der Waals surface area contributed by atoms with Crippen molar-refractivity contribution < 1.29 is 18.0 Å². The van der Waals surface area contributed by atoms with Gasteiger partial charge in [0, 0.05) is 24.8 Å². The maximum atomic E-state index is 12.4. The molecule has 1 heterocycles. The molecule has 0 saturated carbocycles. The fourth-order valence-electron chi connectivity index (χ4n) is 3.61. The van der Waals surface area contributed by atoms with Crippen molar-refractivity contribution in [3.05, 3.63) is 65.7 Å². The molecule has 2 aromatic carbocycles. The lowest BCUT2D eigenvalue weighted by Gasteiger charge is -2.31. The summed E-state index contributed by atoms with van der Waals surface area (Å²) in [6.07, 6.45) is 1.31. The zero-order valence-corrected chi connectivity index (χ0v) is 18.5. The second-order valence-corrected chi connectivity index (χ2v) is 9.94. The van der Waals surface area contributed by atoms with Crippen molar-refractivity contribution in [2.24, 2.45) is 0 Å². The molecule has 0 atom stereocenters. The highest BCUT2D eigenvalue weighted by Crippen LogP contribution is 2.12. The smallest absolute Gasteiger partial charge is 0.238 e. The van der Waals surface area contributed by atoms with E-state index < -0.39 is 21.5 Å². The average molecular weight is 455 g/mol. The number of carbonyl (C=O) groups is 2. The van der Waals surface area contributed by atoms with Crippen molar-refractivity contribution in [3.8, 4) is 6.07 Å². The van der Waals surface area contributed by atoms with E-state index in [4.69, 9.17) is 5.26 Å². The standard InChI is InChI=1S/C23H26N4O4S/c24-14-18-6-8-19(9-7-18)16-32(30,31)17-23(29)26-21-10-12-27(13-11-21)15-22(28)25-20-4-2-1-3-5-20/h1-9,21H,10-13,15-17H2,(H,25,28)(H,26,29). The van der Waals surface area contributed by atoms with Crippen LogP contribution in [0, 0.1) is 11.3 Å². The van der Waals surface area contributed by atoms with Gasteiger partial charge in [0.15, 0.2) is 9.84 Å². The zero-order valence-electron chi connectivity index (χ0n) is 17.7. The molecule has 0 aromatic heterocycles. The molecule has 9 heteroatoms. The maximum Gasteiger partial charge on any atom is 0.238 e. The topological polar surface area (TPSA) is 119 Å². The number of benzene rings is 2. The van der Waals surface area contributed by atoms with Gasteiger partial charge in [-0.05, 0) is 42.7 Å². The van der Waals surface area contributed by atoms with Crippen molar-refractivity contribution in [3.63, 3.8) is 0 Å². The van der Waals surface area contributed by atoms with E-state index in [1.165, 1.54) is 0 Å². The molecule has 1 fully saturated rings. The van der Waals surface area contributed by atoms with Crippen LogP contribution in [0.2, 0.25) is 0 Å². The lowest BCUT2D eigenvalue weighted by atomic mass is 10.1. The van der Waals surface area contributed by atoms with Crippen LogP contribution in [0.25, 0.3) is 0 Å². The Morgan fingerprint density at radius 3 is 2.28 bits per heavy atom. The van der Waals surface area contributed by atoms with Gasteiger partial charge in [-0.25, -0.2) is 8.42 Å². The van der Waals surface area contributed by atoms with Crippen LogP contribution >= 0.6 is 0 Å². The molecule has 1 aliphatic rings. The Hall–Kier alpha value is -3.22. The molecule has 2 aromatic rings. The third kappa shape index (κ3) is 7.48. The number of anilines is 1. The van der Waals surface area contributed by atoms with Gasteiger partial charge in [0.1, 0.15) is 5.75 Å². The molecular formula is C23H26N4O4S. The predicted octanol–water partition coefficient (Wildman–Crippen LogP) is 1.69. The molecule has 3 rings (SSSR count). The zero-order chi connectivity index (χ0) is 23.0. The van der Waals surface area contributed by atoms with E-state index >= 15 is 0 Å². The van der Waals surface area contributed by atoms with Gasteiger partial charge < -0.3 is 10.6 Å². The summed E-state index contributed by atoms with van der Waals surface area (Å²) in [5, 5.41) is 14.5. The number of nitrogens with zero attached hydrogens (tertiary/aromatic N) is 2. The Morgan fingerprint density at radius 2 is 1.66 bits per heavy atom. The van der Waals surface area contributed by atoms with Crippen LogP contribution in [0.15, 0.2) is 54.6 Å². The highest BCUT2D eigenvalue weighted by Gasteiger charge is 2.24. The minimum absolute atomic E-state index is 0.0902. The highest BCUT2D eigenvalue weighted by atomic mass is 32.2. The van der Waals surface area contributed by atoms with E-state index in [1.807, 2.05) is 41.3 Å². The Kier molecular flexibility index (Phi) is 7.98. The van der Waals surface area contributed by atoms with Crippen LogP contribution in [0.5, 0.6) is 0 Å². The molecule has 32 heavy (non-hydrogen) atoms. The average Bonchev–Trinajstić information content (AvgIpc) is 2.75. The molecule has 0 radical (unpaired) electrons. The van der Waals surface area contributed by atoms with E-state index in [9.17, 15) is 18.0 Å². The number of sulfone groups is 1. The van der Waals surface area contributed by atoms with Crippen LogP contribution in [0.1, 0.15) is 24.0 Å². The van der Waals surface area contributed by atoms with Crippen molar-refractivity contribution >= 4 is 27.3 Å². The fourth-order valence-corrected chi connectivity index (χ4v) is 4.90. The van der Waals surface area contributed by atoms with Gasteiger partial charge in [-0.15, -0.1) is 0 Å². The van der Waals surface area contributed by atoms with Crippen LogP contribution < -0.4 is 10.6 Å². The third-order valence-corrected chi connectivity index (χ3v) is 6.67. The van der Waals surface area contributed by atoms with E-state index in [0.717, 1.165) is 5.69 Å². The van der Waals surface area contributed by atoms with Gasteiger partial charge in [0.2, 0.25) is 11.8 Å². The number of nitriles is 1. The molecule has 2 N–H and O–H groups in total. The first kappa shape index (κ1) is 23.4.